The number of rotatable bonds is 4. The molecule has 1 rings (SSSR count). The van der Waals surface area contributed by atoms with Crippen LogP contribution in [0.3, 0.4) is 0 Å². The van der Waals surface area contributed by atoms with E-state index in [1.54, 1.807) is 0 Å². The van der Waals surface area contributed by atoms with Gasteiger partial charge in [-0.2, -0.15) is 0 Å². The summed E-state index contributed by atoms with van der Waals surface area (Å²) < 4.78 is 30.6. The molecule has 0 radical (unpaired) electrons. The maximum absolute atomic E-state index is 13.4. The van der Waals surface area contributed by atoms with E-state index in [0.29, 0.717) is 0 Å². The van der Waals surface area contributed by atoms with Crippen LogP contribution in [0.15, 0.2) is 18.2 Å². The summed E-state index contributed by atoms with van der Waals surface area (Å²) >= 11 is 0. The van der Waals surface area contributed by atoms with E-state index in [0.717, 1.165) is 19.2 Å². The van der Waals surface area contributed by atoms with Gasteiger partial charge in [-0.25, -0.2) is 13.6 Å². The number of esters is 1. The number of halogens is 2. The van der Waals surface area contributed by atoms with Gasteiger partial charge in [0, 0.05) is 19.4 Å². The molecule has 1 N–H and O–H groups in total. The predicted molar refractivity (Wildman–Crippen MR) is 59.7 cm³/mol. The molecular weight excluding hydrogens is 244 g/mol. The van der Waals surface area contributed by atoms with Gasteiger partial charge in [0.2, 0.25) is 5.91 Å². The van der Waals surface area contributed by atoms with Crippen LogP contribution in [0.1, 0.15) is 12.5 Å². The van der Waals surface area contributed by atoms with Crippen LogP contribution < -0.4 is 5.32 Å². The Bertz CT molecular complexity index is 463. The molecule has 0 fully saturated rings. The van der Waals surface area contributed by atoms with E-state index >= 15 is 0 Å². The SMILES string of the molecule is COC(=O)[C@@H](Cc1ccc(F)cc1F)NC(C)=O. The van der Waals surface area contributed by atoms with Crippen LogP contribution in [0.2, 0.25) is 0 Å². The molecule has 0 aliphatic heterocycles. The topological polar surface area (TPSA) is 55.4 Å². The zero-order chi connectivity index (χ0) is 13.7. The minimum Gasteiger partial charge on any atom is -0.467 e. The van der Waals surface area contributed by atoms with Crippen molar-refractivity contribution in [3.63, 3.8) is 0 Å². The van der Waals surface area contributed by atoms with Crippen molar-refractivity contribution in [3.8, 4) is 0 Å². The fraction of sp³-hybridized carbons (Fsp3) is 0.333. The predicted octanol–water partition coefficient (Wildman–Crippen LogP) is 1.18. The molecule has 4 nitrogen and oxygen atoms in total. The van der Waals surface area contributed by atoms with Crippen molar-refractivity contribution in [3.05, 3.63) is 35.4 Å². The van der Waals surface area contributed by atoms with Gasteiger partial charge in [0.1, 0.15) is 17.7 Å². The smallest absolute Gasteiger partial charge is 0.328 e. The molecule has 0 aliphatic rings. The monoisotopic (exact) mass is 257 g/mol. The fourth-order valence-electron chi connectivity index (χ4n) is 1.49. The van der Waals surface area contributed by atoms with Crippen molar-refractivity contribution in [2.75, 3.05) is 7.11 Å². The summed E-state index contributed by atoms with van der Waals surface area (Å²) in [6.45, 7) is 1.23. The molecule has 1 aromatic rings. The Labute approximate surface area is 103 Å². The van der Waals surface area contributed by atoms with Gasteiger partial charge < -0.3 is 10.1 Å². The first-order chi connectivity index (χ1) is 8.43. The molecule has 18 heavy (non-hydrogen) atoms. The van der Waals surface area contributed by atoms with Gasteiger partial charge in [0.05, 0.1) is 7.11 Å². The molecule has 1 aromatic carbocycles. The molecule has 6 heteroatoms. The Morgan fingerprint density at radius 2 is 2.06 bits per heavy atom. The number of carbonyl (C=O) groups excluding carboxylic acids is 2. The molecule has 1 atom stereocenters. The molecular formula is C12H13F2NO3. The highest BCUT2D eigenvalue weighted by Crippen LogP contribution is 2.12. The van der Waals surface area contributed by atoms with Crippen LogP contribution in [0.4, 0.5) is 8.78 Å². The van der Waals surface area contributed by atoms with Crippen molar-refractivity contribution in [2.45, 2.75) is 19.4 Å². The number of methoxy groups -OCH3 is 1. The quantitative estimate of drug-likeness (QED) is 0.824. The standard InChI is InChI=1S/C12H13F2NO3/c1-7(16)15-11(12(17)18-2)5-8-3-4-9(13)6-10(8)14/h3-4,6,11H,5H2,1-2H3,(H,15,16)/t11-/m1/s1. The molecule has 0 spiro atoms. The number of nitrogens with one attached hydrogen (secondary N) is 1. The third-order valence-corrected chi connectivity index (χ3v) is 2.30. The molecule has 98 valence electrons. The van der Waals surface area contributed by atoms with Crippen molar-refractivity contribution in [2.24, 2.45) is 0 Å². The van der Waals surface area contributed by atoms with Gasteiger partial charge in [0.25, 0.3) is 0 Å². The lowest BCUT2D eigenvalue weighted by Gasteiger charge is -2.15. The Morgan fingerprint density at radius 3 is 2.56 bits per heavy atom. The van der Waals surface area contributed by atoms with Gasteiger partial charge in [-0.1, -0.05) is 6.07 Å². The first-order valence-corrected chi connectivity index (χ1v) is 5.23. The second-order valence-electron chi connectivity index (χ2n) is 3.72. The van der Waals surface area contributed by atoms with Crippen LogP contribution >= 0.6 is 0 Å². The highest BCUT2D eigenvalue weighted by atomic mass is 19.1. The highest BCUT2D eigenvalue weighted by molar-refractivity contribution is 5.83. The van der Waals surface area contributed by atoms with Crippen LogP contribution in [0, 0.1) is 11.6 Å². The molecule has 0 unspecified atom stereocenters. The second-order valence-corrected chi connectivity index (χ2v) is 3.72. The van der Waals surface area contributed by atoms with Crippen LogP contribution in [-0.4, -0.2) is 25.0 Å². The first kappa shape index (κ1) is 14.1. The molecule has 1 amide bonds. The van der Waals surface area contributed by atoms with Gasteiger partial charge in [-0.3, -0.25) is 4.79 Å². The van der Waals surface area contributed by atoms with Gasteiger partial charge >= 0.3 is 5.97 Å². The summed E-state index contributed by atoms with van der Waals surface area (Å²) in [5, 5.41) is 2.35. The van der Waals surface area contributed by atoms with E-state index in [9.17, 15) is 18.4 Å². The van der Waals surface area contributed by atoms with E-state index in [2.05, 4.69) is 10.1 Å². The first-order valence-electron chi connectivity index (χ1n) is 5.23. The number of hydrogen-bond donors (Lipinski definition) is 1. The summed E-state index contributed by atoms with van der Waals surface area (Å²) in [5.41, 5.74) is 0.126. The number of carbonyl (C=O) groups is 2. The lowest BCUT2D eigenvalue weighted by atomic mass is 10.1. The molecule has 0 bridgehead atoms. The van der Waals surface area contributed by atoms with E-state index < -0.39 is 29.6 Å². The largest absolute Gasteiger partial charge is 0.467 e. The van der Waals surface area contributed by atoms with E-state index in [4.69, 9.17) is 0 Å². The van der Waals surface area contributed by atoms with E-state index in [-0.39, 0.29) is 12.0 Å². The maximum Gasteiger partial charge on any atom is 0.328 e. The van der Waals surface area contributed by atoms with Crippen molar-refractivity contribution >= 4 is 11.9 Å². The van der Waals surface area contributed by atoms with Gasteiger partial charge in [0.15, 0.2) is 0 Å². The molecule has 0 aromatic heterocycles. The molecule has 0 aliphatic carbocycles. The Morgan fingerprint density at radius 1 is 1.39 bits per heavy atom. The zero-order valence-electron chi connectivity index (χ0n) is 10.00. The zero-order valence-corrected chi connectivity index (χ0v) is 10.00. The van der Waals surface area contributed by atoms with Crippen LogP contribution in [0.25, 0.3) is 0 Å². The average molecular weight is 257 g/mol. The highest BCUT2D eigenvalue weighted by Gasteiger charge is 2.22. The van der Waals surface area contributed by atoms with Crippen LogP contribution in [-0.2, 0) is 20.7 Å². The van der Waals surface area contributed by atoms with Crippen molar-refractivity contribution < 1.29 is 23.1 Å². The molecule has 0 saturated heterocycles. The van der Waals surface area contributed by atoms with Gasteiger partial charge in [-0.05, 0) is 11.6 Å². The second kappa shape index (κ2) is 6.09. The summed E-state index contributed by atoms with van der Waals surface area (Å²) in [4.78, 5) is 22.3. The molecule has 0 saturated carbocycles. The summed E-state index contributed by atoms with van der Waals surface area (Å²) in [6.07, 6.45) is -0.0988. The minimum absolute atomic E-state index is 0.0988. The molecule has 0 heterocycles. The summed E-state index contributed by atoms with van der Waals surface area (Å²) in [5.74, 6) is -2.60. The fourth-order valence-corrected chi connectivity index (χ4v) is 1.49. The number of benzene rings is 1. The maximum atomic E-state index is 13.4. The van der Waals surface area contributed by atoms with Crippen LogP contribution in [0.5, 0.6) is 0 Å². The third kappa shape index (κ3) is 3.80. The minimum atomic E-state index is -0.993. The third-order valence-electron chi connectivity index (χ3n) is 2.30. The normalized spacial score (nSPS) is 11.8. The Hall–Kier alpha value is -1.98. The van der Waals surface area contributed by atoms with Crippen molar-refractivity contribution in [1.82, 2.24) is 5.32 Å². The van der Waals surface area contributed by atoms with Gasteiger partial charge in [-0.15, -0.1) is 0 Å². The summed E-state index contributed by atoms with van der Waals surface area (Å²) in [7, 11) is 1.16. The summed E-state index contributed by atoms with van der Waals surface area (Å²) in [6, 6.07) is 2.04. The Kier molecular flexibility index (Phi) is 4.76. The van der Waals surface area contributed by atoms with E-state index in [1.807, 2.05) is 0 Å². The number of hydrogen-bond acceptors (Lipinski definition) is 3. The number of amides is 1. The van der Waals surface area contributed by atoms with Crippen molar-refractivity contribution in [1.29, 1.82) is 0 Å². The van der Waals surface area contributed by atoms with E-state index in [1.165, 1.54) is 13.0 Å². The lowest BCUT2D eigenvalue weighted by molar-refractivity contribution is -0.144. The average Bonchev–Trinajstić information content (AvgIpc) is 2.30. The lowest BCUT2D eigenvalue weighted by Crippen LogP contribution is -2.42. The number of ether oxygens (including phenoxy) is 1. The Balaban J connectivity index is 2.88.